The summed E-state index contributed by atoms with van der Waals surface area (Å²) in [6.07, 6.45) is 4.38. The number of rotatable bonds is 3. The van der Waals surface area contributed by atoms with Gasteiger partial charge in [-0.25, -0.2) is 4.98 Å². The maximum atomic E-state index is 13.1. The standard InChI is InChI=1S/C21H21N5O3/c1-13-10-23-17(11-22-13)20-25-24-19(29-20)15-6-8-26(12-15)21(27)18-16-5-3-2-4-14(16)7-9-28-18/h2-5,10-11,15,18H,6-9,12H2,1H3/t15-,18-/m0/s1. The van der Waals surface area contributed by atoms with Gasteiger partial charge in [0, 0.05) is 19.3 Å². The predicted molar refractivity (Wildman–Crippen MR) is 103 cm³/mol. The molecule has 29 heavy (non-hydrogen) atoms. The van der Waals surface area contributed by atoms with E-state index in [1.54, 1.807) is 12.4 Å². The number of carbonyl (C=O) groups excluding carboxylic acids is 1. The summed E-state index contributed by atoms with van der Waals surface area (Å²) in [5.74, 6) is 0.894. The fourth-order valence-electron chi connectivity index (χ4n) is 3.93. The van der Waals surface area contributed by atoms with Crippen LogP contribution in [-0.4, -0.2) is 50.7 Å². The molecule has 2 aliphatic rings. The third-order valence-corrected chi connectivity index (χ3v) is 5.51. The second-order valence-electron chi connectivity index (χ2n) is 7.46. The van der Waals surface area contributed by atoms with Crippen molar-refractivity contribution in [2.24, 2.45) is 0 Å². The van der Waals surface area contributed by atoms with E-state index in [0.29, 0.717) is 37.2 Å². The third-order valence-electron chi connectivity index (χ3n) is 5.51. The number of fused-ring (bicyclic) bond motifs is 1. The highest BCUT2D eigenvalue weighted by Gasteiger charge is 2.36. The fraction of sp³-hybridized carbons (Fsp3) is 0.381. The van der Waals surface area contributed by atoms with Crippen LogP contribution in [0.4, 0.5) is 0 Å². The van der Waals surface area contributed by atoms with Gasteiger partial charge in [-0.15, -0.1) is 10.2 Å². The van der Waals surface area contributed by atoms with Gasteiger partial charge in [0.1, 0.15) is 5.69 Å². The highest BCUT2D eigenvalue weighted by atomic mass is 16.5. The Morgan fingerprint density at radius 3 is 2.93 bits per heavy atom. The lowest BCUT2D eigenvalue weighted by Gasteiger charge is -2.28. The summed E-state index contributed by atoms with van der Waals surface area (Å²) in [5.41, 5.74) is 3.54. The first kappa shape index (κ1) is 17.9. The molecule has 1 amide bonds. The maximum absolute atomic E-state index is 13.1. The van der Waals surface area contributed by atoms with Crippen LogP contribution >= 0.6 is 0 Å². The molecule has 0 unspecified atom stereocenters. The zero-order valence-electron chi connectivity index (χ0n) is 16.1. The zero-order chi connectivity index (χ0) is 19.8. The highest BCUT2D eigenvalue weighted by molar-refractivity contribution is 5.83. The number of likely N-dealkylation sites (tertiary alicyclic amines) is 1. The summed E-state index contributed by atoms with van der Waals surface area (Å²) < 4.78 is 11.7. The first-order chi connectivity index (χ1) is 14.2. The minimum atomic E-state index is -0.528. The van der Waals surface area contributed by atoms with Gasteiger partial charge >= 0.3 is 0 Å². The molecule has 2 aromatic heterocycles. The minimum Gasteiger partial charge on any atom is -0.419 e. The van der Waals surface area contributed by atoms with Crippen LogP contribution in [-0.2, 0) is 16.0 Å². The summed E-state index contributed by atoms with van der Waals surface area (Å²) in [7, 11) is 0. The molecule has 1 saturated heterocycles. The third kappa shape index (κ3) is 3.40. The van der Waals surface area contributed by atoms with Crippen molar-refractivity contribution in [2.45, 2.75) is 31.8 Å². The van der Waals surface area contributed by atoms with Crippen LogP contribution in [0.2, 0.25) is 0 Å². The Morgan fingerprint density at radius 1 is 1.17 bits per heavy atom. The van der Waals surface area contributed by atoms with E-state index in [2.05, 4.69) is 26.2 Å². The molecule has 0 N–H and O–H groups in total. The van der Waals surface area contributed by atoms with Gasteiger partial charge < -0.3 is 14.1 Å². The highest BCUT2D eigenvalue weighted by Crippen LogP contribution is 2.33. The molecule has 0 spiro atoms. The molecule has 2 aliphatic heterocycles. The SMILES string of the molecule is Cc1cnc(-c2nnc([C@H]3CCN(C(=O)[C@H]4OCCc5ccccc54)C3)o2)cn1. The van der Waals surface area contributed by atoms with Crippen LogP contribution in [0.5, 0.6) is 0 Å². The smallest absolute Gasteiger partial charge is 0.267 e. The Hall–Kier alpha value is -3.13. The summed E-state index contributed by atoms with van der Waals surface area (Å²) >= 11 is 0. The van der Waals surface area contributed by atoms with Gasteiger partial charge in [-0.2, -0.15) is 0 Å². The maximum Gasteiger partial charge on any atom is 0.267 e. The van der Waals surface area contributed by atoms with E-state index in [4.69, 9.17) is 9.15 Å². The van der Waals surface area contributed by atoms with E-state index in [1.165, 1.54) is 5.56 Å². The Bertz CT molecular complexity index is 1030. The minimum absolute atomic E-state index is 0.00351. The van der Waals surface area contributed by atoms with Crippen LogP contribution in [0.1, 0.15) is 41.2 Å². The summed E-state index contributed by atoms with van der Waals surface area (Å²) in [4.78, 5) is 23.4. The molecule has 0 saturated carbocycles. The molecule has 8 nitrogen and oxygen atoms in total. The molecule has 4 heterocycles. The zero-order valence-corrected chi connectivity index (χ0v) is 16.1. The average molecular weight is 391 g/mol. The summed E-state index contributed by atoms with van der Waals surface area (Å²) in [6, 6.07) is 8.01. The average Bonchev–Trinajstić information content (AvgIpc) is 3.43. The lowest BCUT2D eigenvalue weighted by molar-refractivity contribution is -0.144. The number of aromatic nitrogens is 4. The number of aryl methyl sites for hydroxylation is 1. The number of carbonyl (C=O) groups is 1. The van der Waals surface area contributed by atoms with E-state index in [-0.39, 0.29) is 11.8 Å². The monoisotopic (exact) mass is 391 g/mol. The Kier molecular flexibility index (Phi) is 4.55. The fourth-order valence-corrected chi connectivity index (χ4v) is 3.93. The van der Waals surface area contributed by atoms with Crippen molar-refractivity contribution in [1.82, 2.24) is 25.1 Å². The van der Waals surface area contributed by atoms with Gasteiger partial charge in [-0.05, 0) is 30.9 Å². The van der Waals surface area contributed by atoms with Gasteiger partial charge in [0.25, 0.3) is 11.8 Å². The van der Waals surface area contributed by atoms with E-state index in [9.17, 15) is 4.79 Å². The number of nitrogens with zero attached hydrogens (tertiary/aromatic N) is 5. The van der Waals surface area contributed by atoms with Crippen LogP contribution in [0.3, 0.4) is 0 Å². The molecule has 148 valence electrons. The topological polar surface area (TPSA) is 94.2 Å². The van der Waals surface area contributed by atoms with Crippen molar-refractivity contribution in [2.75, 3.05) is 19.7 Å². The second-order valence-corrected chi connectivity index (χ2v) is 7.46. The van der Waals surface area contributed by atoms with Gasteiger partial charge in [0.05, 0.1) is 24.4 Å². The van der Waals surface area contributed by atoms with Gasteiger partial charge in [-0.1, -0.05) is 24.3 Å². The number of benzene rings is 1. The lowest BCUT2D eigenvalue weighted by Crippen LogP contribution is -2.36. The molecule has 2 atom stereocenters. The van der Waals surface area contributed by atoms with Gasteiger partial charge in [0.2, 0.25) is 5.89 Å². The van der Waals surface area contributed by atoms with Crippen LogP contribution in [0.15, 0.2) is 41.1 Å². The van der Waals surface area contributed by atoms with E-state index >= 15 is 0 Å². The van der Waals surface area contributed by atoms with E-state index in [0.717, 1.165) is 24.1 Å². The van der Waals surface area contributed by atoms with Crippen molar-refractivity contribution in [3.8, 4) is 11.6 Å². The van der Waals surface area contributed by atoms with Crippen LogP contribution in [0.25, 0.3) is 11.6 Å². The molecule has 3 aromatic rings. The quantitative estimate of drug-likeness (QED) is 0.677. The number of hydrogen-bond acceptors (Lipinski definition) is 7. The van der Waals surface area contributed by atoms with Crippen molar-refractivity contribution >= 4 is 5.91 Å². The van der Waals surface area contributed by atoms with Crippen molar-refractivity contribution in [3.05, 3.63) is 59.4 Å². The largest absolute Gasteiger partial charge is 0.419 e. The Labute approximate surface area is 167 Å². The second kappa shape index (κ2) is 7.36. The van der Waals surface area contributed by atoms with Crippen molar-refractivity contribution in [3.63, 3.8) is 0 Å². The number of hydrogen-bond donors (Lipinski definition) is 0. The number of amides is 1. The van der Waals surface area contributed by atoms with E-state index in [1.807, 2.05) is 30.0 Å². The van der Waals surface area contributed by atoms with Crippen molar-refractivity contribution < 1.29 is 13.9 Å². The lowest BCUT2D eigenvalue weighted by atomic mass is 9.97. The molecular formula is C21H21N5O3. The van der Waals surface area contributed by atoms with Gasteiger partial charge in [0.15, 0.2) is 6.10 Å². The number of ether oxygens (including phenoxy) is 1. The molecule has 1 fully saturated rings. The van der Waals surface area contributed by atoms with Crippen molar-refractivity contribution in [1.29, 1.82) is 0 Å². The molecule has 5 rings (SSSR count). The predicted octanol–water partition coefficient (Wildman–Crippen LogP) is 2.46. The summed E-state index contributed by atoms with van der Waals surface area (Å²) in [5, 5.41) is 8.29. The molecular weight excluding hydrogens is 370 g/mol. The first-order valence-corrected chi connectivity index (χ1v) is 9.79. The summed E-state index contributed by atoms with van der Waals surface area (Å²) in [6.45, 7) is 3.62. The molecule has 0 aliphatic carbocycles. The molecule has 0 bridgehead atoms. The van der Waals surface area contributed by atoms with Crippen LogP contribution in [0, 0.1) is 6.92 Å². The molecule has 1 aromatic carbocycles. The molecule has 0 radical (unpaired) electrons. The normalized spacial score (nSPS) is 21.2. The Morgan fingerprint density at radius 2 is 2.07 bits per heavy atom. The van der Waals surface area contributed by atoms with Gasteiger partial charge in [-0.3, -0.25) is 9.78 Å². The Balaban J connectivity index is 1.30. The van der Waals surface area contributed by atoms with E-state index < -0.39 is 6.10 Å². The van der Waals surface area contributed by atoms with Crippen LogP contribution < -0.4 is 0 Å². The first-order valence-electron chi connectivity index (χ1n) is 9.79. The molecule has 8 heteroatoms.